The van der Waals surface area contributed by atoms with Crippen LogP contribution in [0.5, 0.6) is 0 Å². The number of morpholine rings is 1. The lowest BCUT2D eigenvalue weighted by molar-refractivity contribution is -0.132. The fraction of sp³-hybridized carbons (Fsp3) is 0.857. The zero-order valence-electron chi connectivity index (χ0n) is 6.12. The van der Waals surface area contributed by atoms with Crippen molar-refractivity contribution in [3.63, 3.8) is 0 Å². The maximum atomic E-state index is 11.1. The average Bonchev–Trinajstić information content (AvgIpc) is 2.62. The van der Waals surface area contributed by atoms with E-state index in [1.165, 1.54) is 0 Å². The number of ether oxygens (including phenoxy) is 1. The molecule has 62 valence electrons. The van der Waals surface area contributed by atoms with Gasteiger partial charge >= 0.3 is 0 Å². The number of hydrogen-bond donors (Lipinski definition) is 0. The van der Waals surface area contributed by atoms with Crippen LogP contribution in [0, 0.1) is 0 Å². The van der Waals surface area contributed by atoms with Gasteiger partial charge in [0, 0.05) is 6.54 Å². The van der Waals surface area contributed by atoms with Gasteiger partial charge < -0.3 is 9.64 Å². The molecule has 0 saturated carbocycles. The van der Waals surface area contributed by atoms with Crippen LogP contribution in [0.25, 0.3) is 0 Å². The Balaban J connectivity index is 2.02. The molecular formula is C7H10ClNO2. The molecule has 4 heteroatoms. The number of rotatable bonds is 1. The van der Waals surface area contributed by atoms with Gasteiger partial charge in [-0.15, -0.1) is 11.6 Å². The second-order valence-corrected chi connectivity index (χ2v) is 3.29. The predicted molar refractivity (Wildman–Crippen MR) is 40.6 cm³/mol. The Labute approximate surface area is 70.3 Å². The van der Waals surface area contributed by atoms with Crippen molar-refractivity contribution >= 4 is 17.5 Å². The zero-order valence-corrected chi connectivity index (χ0v) is 6.88. The molecule has 2 heterocycles. The van der Waals surface area contributed by atoms with Crippen LogP contribution in [0.2, 0.25) is 0 Å². The third-order valence-corrected chi connectivity index (χ3v) is 2.56. The summed E-state index contributed by atoms with van der Waals surface area (Å²) in [5.74, 6) is 0.144. The third kappa shape index (κ3) is 1.12. The molecule has 0 spiro atoms. The van der Waals surface area contributed by atoms with Gasteiger partial charge in [-0.2, -0.15) is 0 Å². The molecular weight excluding hydrogens is 166 g/mol. The highest BCUT2D eigenvalue weighted by Crippen LogP contribution is 2.27. The lowest BCUT2D eigenvalue weighted by Crippen LogP contribution is -2.42. The summed E-state index contributed by atoms with van der Waals surface area (Å²) in [4.78, 5) is 13.0. The van der Waals surface area contributed by atoms with Crippen LogP contribution < -0.4 is 0 Å². The Hall–Kier alpha value is -0.280. The molecule has 0 N–H and O–H groups in total. The number of alkyl halides is 1. The molecule has 2 unspecified atom stereocenters. The molecule has 2 fully saturated rings. The first-order valence-corrected chi connectivity index (χ1v) is 4.31. The first kappa shape index (κ1) is 7.37. The average molecular weight is 176 g/mol. The van der Waals surface area contributed by atoms with E-state index in [0.29, 0.717) is 12.6 Å². The minimum atomic E-state index is 0.0440. The van der Waals surface area contributed by atoms with Gasteiger partial charge in [0.1, 0.15) is 5.88 Å². The van der Waals surface area contributed by atoms with E-state index in [9.17, 15) is 4.79 Å². The number of halogens is 1. The minimum Gasteiger partial charge on any atom is -0.374 e. The number of likely N-dealkylation sites (tertiary alicyclic amines) is 1. The van der Waals surface area contributed by atoms with Crippen LogP contribution in [-0.2, 0) is 9.53 Å². The van der Waals surface area contributed by atoms with Crippen LogP contribution in [0.1, 0.15) is 6.42 Å². The summed E-state index contributed by atoms with van der Waals surface area (Å²) in [6, 6.07) is 0.311. The first-order valence-electron chi connectivity index (χ1n) is 3.78. The summed E-state index contributed by atoms with van der Waals surface area (Å²) < 4.78 is 5.34. The zero-order chi connectivity index (χ0) is 7.84. The van der Waals surface area contributed by atoms with Gasteiger partial charge in [-0.3, -0.25) is 4.79 Å². The number of nitrogens with zero attached hydrogens (tertiary/aromatic N) is 1. The predicted octanol–water partition coefficient (Wildman–Crippen LogP) is 0.225. The van der Waals surface area contributed by atoms with Crippen LogP contribution in [0.3, 0.4) is 0 Å². The first-order chi connectivity index (χ1) is 5.31. The largest absolute Gasteiger partial charge is 0.374 e. The SMILES string of the molecule is O=C(CCl)N1CC2CC1CO2. The number of amides is 1. The summed E-state index contributed by atoms with van der Waals surface area (Å²) >= 11 is 5.44. The molecule has 3 nitrogen and oxygen atoms in total. The van der Waals surface area contributed by atoms with E-state index in [2.05, 4.69) is 0 Å². The van der Waals surface area contributed by atoms with Gasteiger partial charge in [0.05, 0.1) is 18.8 Å². The third-order valence-electron chi connectivity index (χ3n) is 2.34. The van der Waals surface area contributed by atoms with Crippen molar-refractivity contribution in [1.82, 2.24) is 4.90 Å². The molecule has 2 saturated heterocycles. The summed E-state index contributed by atoms with van der Waals surface area (Å²) in [7, 11) is 0. The summed E-state index contributed by atoms with van der Waals surface area (Å²) in [6.45, 7) is 1.45. The van der Waals surface area contributed by atoms with Crippen LogP contribution in [0.4, 0.5) is 0 Å². The van der Waals surface area contributed by atoms with Crippen LogP contribution >= 0.6 is 11.6 Å². The fourth-order valence-corrected chi connectivity index (χ4v) is 1.94. The lowest BCUT2D eigenvalue weighted by Gasteiger charge is -2.25. The van der Waals surface area contributed by atoms with E-state index in [0.717, 1.165) is 13.0 Å². The Morgan fingerprint density at radius 3 is 3.00 bits per heavy atom. The number of carbonyl (C=O) groups excluding carboxylic acids is 1. The van der Waals surface area contributed by atoms with Gasteiger partial charge in [-0.05, 0) is 6.42 Å². The molecule has 2 aliphatic rings. The molecule has 0 radical (unpaired) electrons. The smallest absolute Gasteiger partial charge is 0.237 e. The molecule has 2 atom stereocenters. The maximum absolute atomic E-state index is 11.1. The molecule has 2 rings (SSSR count). The van der Waals surface area contributed by atoms with Crippen molar-refractivity contribution in [2.24, 2.45) is 0 Å². The number of carbonyl (C=O) groups is 1. The van der Waals surface area contributed by atoms with Gasteiger partial charge in [0.2, 0.25) is 5.91 Å². The second kappa shape index (κ2) is 2.64. The van der Waals surface area contributed by atoms with E-state index in [1.54, 1.807) is 0 Å². The van der Waals surface area contributed by atoms with E-state index >= 15 is 0 Å². The molecule has 2 bridgehead atoms. The number of fused-ring (bicyclic) bond motifs is 2. The molecule has 0 aromatic carbocycles. The van der Waals surface area contributed by atoms with Crippen molar-refractivity contribution in [2.45, 2.75) is 18.6 Å². The topological polar surface area (TPSA) is 29.5 Å². The second-order valence-electron chi connectivity index (χ2n) is 3.02. The van der Waals surface area contributed by atoms with Crippen LogP contribution in [0.15, 0.2) is 0 Å². The van der Waals surface area contributed by atoms with Gasteiger partial charge in [-0.1, -0.05) is 0 Å². The summed E-state index contributed by atoms with van der Waals surface area (Å²) in [6.07, 6.45) is 1.29. The van der Waals surface area contributed by atoms with Crippen molar-refractivity contribution < 1.29 is 9.53 Å². The maximum Gasteiger partial charge on any atom is 0.237 e. The Morgan fingerprint density at radius 1 is 1.73 bits per heavy atom. The molecule has 2 aliphatic heterocycles. The molecule has 0 aromatic rings. The molecule has 1 amide bonds. The molecule has 11 heavy (non-hydrogen) atoms. The normalized spacial score (nSPS) is 34.8. The van der Waals surface area contributed by atoms with E-state index < -0.39 is 0 Å². The molecule has 0 aromatic heterocycles. The molecule has 0 aliphatic carbocycles. The van der Waals surface area contributed by atoms with E-state index in [1.807, 2.05) is 4.90 Å². The monoisotopic (exact) mass is 175 g/mol. The minimum absolute atomic E-state index is 0.0440. The van der Waals surface area contributed by atoms with Gasteiger partial charge in [-0.25, -0.2) is 0 Å². The van der Waals surface area contributed by atoms with Crippen molar-refractivity contribution in [3.05, 3.63) is 0 Å². The quantitative estimate of drug-likeness (QED) is 0.534. The number of hydrogen-bond acceptors (Lipinski definition) is 2. The Morgan fingerprint density at radius 2 is 2.55 bits per heavy atom. The van der Waals surface area contributed by atoms with E-state index in [-0.39, 0.29) is 17.9 Å². The summed E-state index contributed by atoms with van der Waals surface area (Å²) in [5, 5.41) is 0. The Kier molecular flexibility index (Phi) is 1.77. The lowest BCUT2D eigenvalue weighted by atomic mass is 10.2. The van der Waals surface area contributed by atoms with Crippen LogP contribution in [-0.4, -0.2) is 42.0 Å². The highest BCUT2D eigenvalue weighted by atomic mass is 35.5. The van der Waals surface area contributed by atoms with Gasteiger partial charge in [0.15, 0.2) is 0 Å². The fourth-order valence-electron chi connectivity index (χ4n) is 1.78. The van der Waals surface area contributed by atoms with Gasteiger partial charge in [0.25, 0.3) is 0 Å². The van der Waals surface area contributed by atoms with E-state index in [4.69, 9.17) is 16.3 Å². The van der Waals surface area contributed by atoms with Crippen molar-refractivity contribution in [2.75, 3.05) is 19.0 Å². The highest BCUT2D eigenvalue weighted by Gasteiger charge is 2.40. The van der Waals surface area contributed by atoms with Crippen molar-refractivity contribution in [1.29, 1.82) is 0 Å². The standard InChI is InChI=1S/C7H10ClNO2/c8-2-7(10)9-3-6-1-5(9)4-11-6/h5-6H,1-4H2. The van der Waals surface area contributed by atoms with Crippen molar-refractivity contribution in [3.8, 4) is 0 Å². The Bertz CT molecular complexity index is 185. The summed E-state index contributed by atoms with van der Waals surface area (Å²) in [5.41, 5.74) is 0. The highest BCUT2D eigenvalue weighted by molar-refractivity contribution is 6.27.